The predicted molar refractivity (Wildman–Crippen MR) is 136 cm³/mol. The van der Waals surface area contributed by atoms with Crippen LogP contribution in [0.3, 0.4) is 0 Å². The summed E-state index contributed by atoms with van der Waals surface area (Å²) in [6.45, 7) is 10.1. The molecule has 4 rings (SSSR count). The van der Waals surface area contributed by atoms with E-state index in [-0.39, 0.29) is 30.4 Å². The second-order valence-corrected chi connectivity index (χ2v) is 10.0. The van der Waals surface area contributed by atoms with Crippen molar-refractivity contribution in [2.24, 2.45) is 5.92 Å². The Labute approximate surface area is 208 Å². The zero-order chi connectivity index (χ0) is 24.8. The standard InChI is InChI=1S/C27H37N5O3/c1-20(2)17-26(33)32(18-23-5-4-16-35-23)19-27(34)31-14-12-30(13-15-31)25-11-10-24(28-29-25)22-8-6-21(3)7-9-22/h6-11,20,23H,4-5,12-19H2,1-3H3/t23-/m0/s1. The van der Waals surface area contributed by atoms with Gasteiger partial charge in [-0.15, -0.1) is 10.2 Å². The largest absolute Gasteiger partial charge is 0.376 e. The number of hydrogen-bond acceptors (Lipinski definition) is 6. The molecule has 2 fully saturated rings. The van der Waals surface area contributed by atoms with E-state index in [1.54, 1.807) is 4.90 Å². The van der Waals surface area contributed by atoms with Crippen LogP contribution in [0.25, 0.3) is 11.3 Å². The Balaban J connectivity index is 1.31. The lowest BCUT2D eigenvalue weighted by molar-refractivity contribution is -0.142. The van der Waals surface area contributed by atoms with Crippen molar-refractivity contribution < 1.29 is 14.3 Å². The first-order valence-corrected chi connectivity index (χ1v) is 12.7. The SMILES string of the molecule is Cc1ccc(-c2ccc(N3CCN(C(=O)CN(C[C@@H]4CCCO4)C(=O)CC(C)C)CC3)nn2)cc1. The number of piperazine rings is 1. The molecule has 2 aromatic rings. The number of nitrogens with zero attached hydrogens (tertiary/aromatic N) is 5. The smallest absolute Gasteiger partial charge is 0.242 e. The van der Waals surface area contributed by atoms with Crippen molar-refractivity contribution in [3.8, 4) is 11.3 Å². The molecular weight excluding hydrogens is 442 g/mol. The van der Waals surface area contributed by atoms with Crippen LogP contribution in [0.4, 0.5) is 5.82 Å². The number of anilines is 1. The first-order chi connectivity index (χ1) is 16.9. The number of ether oxygens (including phenoxy) is 1. The van der Waals surface area contributed by atoms with Crippen molar-refractivity contribution in [1.29, 1.82) is 0 Å². The van der Waals surface area contributed by atoms with Crippen LogP contribution in [0.1, 0.15) is 38.7 Å². The summed E-state index contributed by atoms with van der Waals surface area (Å²) in [4.78, 5) is 31.6. The van der Waals surface area contributed by atoms with E-state index in [1.807, 2.05) is 30.9 Å². The molecule has 0 aliphatic carbocycles. The summed E-state index contributed by atoms with van der Waals surface area (Å²) < 4.78 is 5.73. The molecule has 1 aromatic heterocycles. The van der Waals surface area contributed by atoms with Crippen molar-refractivity contribution in [1.82, 2.24) is 20.0 Å². The molecule has 0 bridgehead atoms. The second kappa shape index (κ2) is 11.6. The topological polar surface area (TPSA) is 78.9 Å². The number of benzene rings is 1. The van der Waals surface area contributed by atoms with E-state index < -0.39 is 0 Å². The summed E-state index contributed by atoms with van der Waals surface area (Å²) in [5, 5.41) is 8.84. The molecule has 0 unspecified atom stereocenters. The van der Waals surface area contributed by atoms with Crippen LogP contribution < -0.4 is 4.90 Å². The predicted octanol–water partition coefficient (Wildman–Crippen LogP) is 3.15. The van der Waals surface area contributed by atoms with Gasteiger partial charge in [-0.25, -0.2) is 0 Å². The molecule has 3 heterocycles. The van der Waals surface area contributed by atoms with Gasteiger partial charge < -0.3 is 19.4 Å². The molecule has 1 aromatic carbocycles. The number of hydrogen-bond donors (Lipinski definition) is 0. The third-order valence-electron chi connectivity index (χ3n) is 6.66. The zero-order valence-electron chi connectivity index (χ0n) is 21.2. The fourth-order valence-electron chi connectivity index (χ4n) is 4.59. The Morgan fingerprint density at radius 1 is 1.06 bits per heavy atom. The zero-order valence-corrected chi connectivity index (χ0v) is 21.2. The minimum atomic E-state index is 0.000515. The quantitative estimate of drug-likeness (QED) is 0.579. The normalized spacial score (nSPS) is 18.2. The van der Waals surface area contributed by atoms with Crippen LogP contribution in [-0.2, 0) is 14.3 Å². The highest BCUT2D eigenvalue weighted by molar-refractivity contribution is 5.85. The first kappa shape index (κ1) is 25.1. The number of carbonyl (C=O) groups is 2. The summed E-state index contributed by atoms with van der Waals surface area (Å²) in [7, 11) is 0. The van der Waals surface area contributed by atoms with Gasteiger partial charge in [0.1, 0.15) is 0 Å². The molecule has 2 saturated heterocycles. The van der Waals surface area contributed by atoms with Crippen molar-refractivity contribution in [3.05, 3.63) is 42.0 Å². The maximum absolute atomic E-state index is 13.1. The highest BCUT2D eigenvalue weighted by Gasteiger charge is 2.28. The average Bonchev–Trinajstić information content (AvgIpc) is 3.37. The summed E-state index contributed by atoms with van der Waals surface area (Å²) in [6, 6.07) is 12.2. The van der Waals surface area contributed by atoms with Gasteiger partial charge in [-0.3, -0.25) is 9.59 Å². The molecule has 8 nitrogen and oxygen atoms in total. The third-order valence-corrected chi connectivity index (χ3v) is 6.66. The lowest BCUT2D eigenvalue weighted by Crippen LogP contribution is -2.52. The molecule has 0 saturated carbocycles. The molecule has 35 heavy (non-hydrogen) atoms. The van der Waals surface area contributed by atoms with Crippen LogP contribution in [0.2, 0.25) is 0 Å². The molecule has 8 heteroatoms. The van der Waals surface area contributed by atoms with E-state index in [9.17, 15) is 9.59 Å². The Morgan fingerprint density at radius 3 is 2.40 bits per heavy atom. The second-order valence-electron chi connectivity index (χ2n) is 10.0. The Hall–Kier alpha value is -3.00. The van der Waals surface area contributed by atoms with Gasteiger partial charge in [-0.1, -0.05) is 43.7 Å². The van der Waals surface area contributed by atoms with Crippen molar-refractivity contribution in [3.63, 3.8) is 0 Å². The monoisotopic (exact) mass is 479 g/mol. The summed E-state index contributed by atoms with van der Waals surface area (Å²) in [6.07, 6.45) is 2.45. The maximum Gasteiger partial charge on any atom is 0.242 e. The Morgan fingerprint density at radius 2 is 1.80 bits per heavy atom. The minimum absolute atomic E-state index is 0.000515. The molecule has 0 radical (unpaired) electrons. The molecule has 0 N–H and O–H groups in total. The Bertz CT molecular complexity index is 979. The number of aryl methyl sites for hydroxylation is 1. The van der Waals surface area contributed by atoms with Gasteiger partial charge in [0.15, 0.2) is 5.82 Å². The minimum Gasteiger partial charge on any atom is -0.376 e. The van der Waals surface area contributed by atoms with E-state index in [0.717, 1.165) is 36.5 Å². The van der Waals surface area contributed by atoms with E-state index in [0.29, 0.717) is 39.1 Å². The maximum atomic E-state index is 13.1. The Kier molecular flexibility index (Phi) is 8.33. The van der Waals surface area contributed by atoms with Gasteiger partial charge in [-0.2, -0.15) is 0 Å². The fraction of sp³-hybridized carbons (Fsp3) is 0.556. The van der Waals surface area contributed by atoms with Gasteiger partial charge in [-0.05, 0) is 37.8 Å². The van der Waals surface area contributed by atoms with E-state index in [4.69, 9.17) is 4.74 Å². The van der Waals surface area contributed by atoms with Gasteiger partial charge in [0, 0.05) is 51.3 Å². The van der Waals surface area contributed by atoms with Crippen LogP contribution in [0.15, 0.2) is 36.4 Å². The molecule has 0 spiro atoms. The van der Waals surface area contributed by atoms with Gasteiger partial charge in [0.25, 0.3) is 0 Å². The van der Waals surface area contributed by atoms with Gasteiger partial charge in [0.2, 0.25) is 11.8 Å². The first-order valence-electron chi connectivity index (χ1n) is 12.7. The van der Waals surface area contributed by atoms with Crippen LogP contribution >= 0.6 is 0 Å². The highest BCUT2D eigenvalue weighted by atomic mass is 16.5. The van der Waals surface area contributed by atoms with Crippen molar-refractivity contribution in [2.45, 2.75) is 46.1 Å². The van der Waals surface area contributed by atoms with Crippen molar-refractivity contribution in [2.75, 3.05) is 50.8 Å². The number of amides is 2. The lowest BCUT2D eigenvalue weighted by Gasteiger charge is -2.36. The number of rotatable bonds is 8. The highest BCUT2D eigenvalue weighted by Crippen LogP contribution is 2.20. The third kappa shape index (κ3) is 6.78. The summed E-state index contributed by atoms with van der Waals surface area (Å²) >= 11 is 0. The molecule has 2 aliphatic heterocycles. The summed E-state index contributed by atoms with van der Waals surface area (Å²) in [5.41, 5.74) is 3.11. The molecule has 2 amide bonds. The summed E-state index contributed by atoms with van der Waals surface area (Å²) in [5.74, 6) is 1.11. The lowest BCUT2D eigenvalue weighted by atomic mass is 10.1. The average molecular weight is 480 g/mol. The van der Waals surface area contributed by atoms with Crippen molar-refractivity contribution >= 4 is 17.6 Å². The van der Waals surface area contributed by atoms with Crippen LogP contribution in [-0.4, -0.2) is 83.8 Å². The molecule has 188 valence electrons. The van der Waals surface area contributed by atoms with E-state index in [2.05, 4.69) is 46.3 Å². The van der Waals surface area contributed by atoms with Gasteiger partial charge in [0.05, 0.1) is 18.3 Å². The number of carbonyl (C=O) groups excluding carboxylic acids is 2. The molecular formula is C27H37N5O3. The van der Waals surface area contributed by atoms with Gasteiger partial charge >= 0.3 is 0 Å². The number of aromatic nitrogens is 2. The van der Waals surface area contributed by atoms with E-state index in [1.165, 1.54) is 5.56 Å². The molecule has 2 aliphatic rings. The molecule has 1 atom stereocenters. The van der Waals surface area contributed by atoms with Crippen LogP contribution in [0, 0.1) is 12.8 Å². The van der Waals surface area contributed by atoms with E-state index >= 15 is 0 Å². The van der Waals surface area contributed by atoms with Crippen LogP contribution in [0.5, 0.6) is 0 Å². The fourth-order valence-corrected chi connectivity index (χ4v) is 4.59.